The molecular formula is C22H22BrNS. The molecule has 0 spiro atoms. The van der Waals surface area contributed by atoms with E-state index in [1.54, 1.807) is 0 Å². The van der Waals surface area contributed by atoms with Crippen LogP contribution in [0.5, 0.6) is 0 Å². The van der Waals surface area contributed by atoms with Gasteiger partial charge in [0.2, 0.25) is 0 Å². The highest BCUT2D eigenvalue weighted by Gasteiger charge is 2.36. The largest absolute Gasteiger partial charge is 0.363 e. The van der Waals surface area contributed by atoms with Crippen LogP contribution in [0.1, 0.15) is 24.9 Å². The van der Waals surface area contributed by atoms with E-state index in [4.69, 9.17) is 0 Å². The SMILES string of the molecule is CC(Br)C1CC(c2ccccc2)N(c2ccsc2-c2ccccc2)C1. The molecule has 3 unspecified atom stereocenters. The van der Waals surface area contributed by atoms with Gasteiger partial charge >= 0.3 is 0 Å². The van der Waals surface area contributed by atoms with Crippen molar-refractivity contribution in [3.8, 4) is 10.4 Å². The maximum Gasteiger partial charge on any atom is 0.0576 e. The first-order valence-corrected chi connectivity index (χ1v) is 10.6. The van der Waals surface area contributed by atoms with E-state index in [2.05, 4.69) is 99.9 Å². The lowest BCUT2D eigenvalue weighted by molar-refractivity contribution is 0.564. The van der Waals surface area contributed by atoms with Crippen LogP contribution < -0.4 is 4.90 Å². The summed E-state index contributed by atoms with van der Waals surface area (Å²) in [6.45, 7) is 3.38. The molecule has 1 fully saturated rings. The molecule has 3 heteroatoms. The summed E-state index contributed by atoms with van der Waals surface area (Å²) in [5, 5.41) is 2.23. The Labute approximate surface area is 162 Å². The first kappa shape index (κ1) is 16.9. The van der Waals surface area contributed by atoms with Gasteiger partial charge in [0.1, 0.15) is 0 Å². The van der Waals surface area contributed by atoms with Crippen LogP contribution in [-0.4, -0.2) is 11.4 Å². The number of anilines is 1. The molecule has 3 aromatic rings. The molecule has 1 nitrogen and oxygen atoms in total. The predicted octanol–water partition coefficient (Wildman–Crippen LogP) is 6.77. The van der Waals surface area contributed by atoms with Gasteiger partial charge in [0.05, 0.1) is 16.6 Å². The Morgan fingerprint density at radius 1 is 1.00 bits per heavy atom. The van der Waals surface area contributed by atoms with Crippen molar-refractivity contribution in [2.75, 3.05) is 11.4 Å². The summed E-state index contributed by atoms with van der Waals surface area (Å²) in [7, 11) is 0. The molecule has 0 bridgehead atoms. The Hall–Kier alpha value is -1.58. The molecule has 1 saturated heterocycles. The highest BCUT2D eigenvalue weighted by atomic mass is 79.9. The summed E-state index contributed by atoms with van der Waals surface area (Å²) >= 11 is 5.67. The van der Waals surface area contributed by atoms with Crippen molar-refractivity contribution >= 4 is 33.0 Å². The molecule has 0 saturated carbocycles. The van der Waals surface area contributed by atoms with Gasteiger partial charge in [-0.25, -0.2) is 0 Å². The molecule has 3 atom stereocenters. The highest BCUT2D eigenvalue weighted by molar-refractivity contribution is 9.09. The van der Waals surface area contributed by atoms with Gasteiger partial charge in [-0.05, 0) is 34.9 Å². The monoisotopic (exact) mass is 411 g/mol. The summed E-state index contributed by atoms with van der Waals surface area (Å²) in [4.78, 5) is 4.53. The summed E-state index contributed by atoms with van der Waals surface area (Å²) in [6, 6.07) is 24.5. The van der Waals surface area contributed by atoms with Crippen LogP contribution in [0.3, 0.4) is 0 Å². The van der Waals surface area contributed by atoms with Gasteiger partial charge in [-0.3, -0.25) is 0 Å². The van der Waals surface area contributed by atoms with Crippen LogP contribution >= 0.6 is 27.3 Å². The number of halogens is 1. The third-order valence-corrected chi connectivity index (χ3v) is 6.86. The fourth-order valence-electron chi connectivity index (χ4n) is 3.79. The van der Waals surface area contributed by atoms with Gasteiger partial charge in [0.25, 0.3) is 0 Å². The molecule has 1 aliphatic rings. The number of hydrogen-bond acceptors (Lipinski definition) is 2. The van der Waals surface area contributed by atoms with E-state index < -0.39 is 0 Å². The Balaban J connectivity index is 1.74. The number of nitrogens with zero attached hydrogens (tertiary/aromatic N) is 1. The average Bonchev–Trinajstić information content (AvgIpc) is 3.30. The molecular weight excluding hydrogens is 390 g/mol. The van der Waals surface area contributed by atoms with Crippen molar-refractivity contribution in [2.45, 2.75) is 24.2 Å². The first-order valence-electron chi connectivity index (χ1n) is 8.82. The van der Waals surface area contributed by atoms with E-state index in [1.807, 2.05) is 11.3 Å². The maximum atomic E-state index is 3.83. The highest BCUT2D eigenvalue weighted by Crippen LogP contribution is 2.46. The van der Waals surface area contributed by atoms with Crippen LogP contribution in [0.25, 0.3) is 10.4 Å². The third-order valence-electron chi connectivity index (χ3n) is 5.16. The molecule has 4 rings (SSSR count). The fraction of sp³-hybridized carbons (Fsp3) is 0.273. The van der Waals surface area contributed by atoms with Crippen molar-refractivity contribution in [1.82, 2.24) is 0 Å². The van der Waals surface area contributed by atoms with Crippen LogP contribution in [-0.2, 0) is 0 Å². The van der Waals surface area contributed by atoms with Crippen molar-refractivity contribution in [1.29, 1.82) is 0 Å². The lowest BCUT2D eigenvalue weighted by Crippen LogP contribution is -2.24. The molecule has 2 aromatic carbocycles. The van der Waals surface area contributed by atoms with Crippen molar-refractivity contribution in [3.05, 3.63) is 77.7 Å². The zero-order valence-corrected chi connectivity index (χ0v) is 16.7. The van der Waals surface area contributed by atoms with E-state index in [0.717, 1.165) is 6.54 Å². The molecule has 1 aromatic heterocycles. The Bertz CT molecular complexity index is 812. The standard InChI is InChI=1S/C22H22BrNS/c1-16(23)19-14-21(17-8-4-2-5-9-17)24(15-19)20-12-13-25-22(20)18-10-6-3-7-11-18/h2-13,16,19,21H,14-15H2,1H3. The van der Waals surface area contributed by atoms with Gasteiger partial charge in [-0.1, -0.05) is 83.5 Å². The topological polar surface area (TPSA) is 3.24 Å². The van der Waals surface area contributed by atoms with E-state index in [9.17, 15) is 0 Å². The fourth-order valence-corrected chi connectivity index (χ4v) is 5.09. The van der Waals surface area contributed by atoms with E-state index in [-0.39, 0.29) is 0 Å². The number of benzene rings is 2. The van der Waals surface area contributed by atoms with E-state index in [1.165, 1.54) is 28.1 Å². The zero-order valence-electron chi connectivity index (χ0n) is 14.3. The normalized spacial score (nSPS) is 21.4. The minimum absolute atomic E-state index is 0.447. The lowest BCUT2D eigenvalue weighted by atomic mass is 9.98. The average molecular weight is 412 g/mol. The Kier molecular flexibility index (Phi) is 4.96. The van der Waals surface area contributed by atoms with Gasteiger partial charge in [0, 0.05) is 11.4 Å². The molecule has 25 heavy (non-hydrogen) atoms. The number of rotatable bonds is 4. The number of hydrogen-bond donors (Lipinski definition) is 0. The Morgan fingerprint density at radius 2 is 1.68 bits per heavy atom. The lowest BCUT2D eigenvalue weighted by Gasteiger charge is -2.27. The van der Waals surface area contributed by atoms with Gasteiger partial charge in [-0.2, -0.15) is 0 Å². The van der Waals surface area contributed by atoms with Gasteiger partial charge in [0.15, 0.2) is 0 Å². The third kappa shape index (κ3) is 3.40. The number of thiophene rings is 1. The first-order chi connectivity index (χ1) is 12.2. The summed E-state index contributed by atoms with van der Waals surface area (Å²) in [5.41, 5.74) is 4.11. The second kappa shape index (κ2) is 7.35. The molecule has 0 radical (unpaired) electrons. The minimum atomic E-state index is 0.447. The molecule has 1 aliphatic heterocycles. The van der Waals surface area contributed by atoms with Crippen LogP contribution in [0, 0.1) is 5.92 Å². The van der Waals surface area contributed by atoms with Gasteiger partial charge < -0.3 is 4.90 Å². The quantitative estimate of drug-likeness (QED) is 0.428. The van der Waals surface area contributed by atoms with Crippen LogP contribution in [0.4, 0.5) is 5.69 Å². The zero-order chi connectivity index (χ0) is 17.2. The van der Waals surface area contributed by atoms with Crippen molar-refractivity contribution < 1.29 is 0 Å². The second-order valence-electron chi connectivity index (χ2n) is 6.75. The molecule has 128 valence electrons. The van der Waals surface area contributed by atoms with Crippen molar-refractivity contribution in [3.63, 3.8) is 0 Å². The van der Waals surface area contributed by atoms with Gasteiger partial charge in [-0.15, -0.1) is 11.3 Å². The van der Waals surface area contributed by atoms with E-state index >= 15 is 0 Å². The summed E-state index contributed by atoms with van der Waals surface area (Å²) < 4.78 is 0. The minimum Gasteiger partial charge on any atom is -0.363 e. The molecule has 2 heterocycles. The summed E-state index contributed by atoms with van der Waals surface area (Å²) in [6.07, 6.45) is 1.19. The van der Waals surface area contributed by atoms with Crippen LogP contribution in [0.15, 0.2) is 72.1 Å². The second-order valence-corrected chi connectivity index (χ2v) is 9.11. The molecule has 0 N–H and O–H groups in total. The van der Waals surface area contributed by atoms with Crippen molar-refractivity contribution in [2.24, 2.45) is 5.92 Å². The van der Waals surface area contributed by atoms with Crippen LogP contribution in [0.2, 0.25) is 0 Å². The smallest absolute Gasteiger partial charge is 0.0576 e. The number of alkyl halides is 1. The maximum absolute atomic E-state index is 3.83. The predicted molar refractivity (Wildman–Crippen MR) is 113 cm³/mol. The summed E-state index contributed by atoms with van der Waals surface area (Å²) in [5.74, 6) is 0.661. The molecule has 0 aliphatic carbocycles. The molecule has 0 amide bonds. The van der Waals surface area contributed by atoms with E-state index in [0.29, 0.717) is 16.8 Å². The Morgan fingerprint density at radius 3 is 2.36 bits per heavy atom.